The highest BCUT2D eigenvalue weighted by molar-refractivity contribution is 7.04. The Morgan fingerprint density at radius 2 is 0.962 bits per heavy atom. The Bertz CT molecular complexity index is 3110. The number of benzene rings is 7. The van der Waals surface area contributed by atoms with Crippen LogP contribution in [-0.2, 0) is 0 Å². The third kappa shape index (κ3) is 4.39. The van der Waals surface area contributed by atoms with E-state index in [1.807, 2.05) is 36.4 Å². The molecule has 1 aliphatic heterocycles. The van der Waals surface area contributed by atoms with E-state index in [4.69, 9.17) is 23.8 Å². The van der Waals surface area contributed by atoms with Gasteiger partial charge >= 0.3 is 0 Å². The summed E-state index contributed by atoms with van der Waals surface area (Å²) in [6.07, 6.45) is 0. The summed E-state index contributed by atoms with van der Waals surface area (Å²) in [6.45, 7) is 4.86. The van der Waals surface area contributed by atoms with Crippen molar-refractivity contribution in [1.29, 1.82) is 0 Å². The maximum Gasteiger partial charge on any atom is 0.167 e. The fraction of sp³-hybridized carbons (Fsp3) is 0.0426. The Morgan fingerprint density at radius 3 is 1.75 bits per heavy atom. The van der Waals surface area contributed by atoms with Crippen LogP contribution in [0.15, 0.2) is 160 Å². The van der Waals surface area contributed by atoms with Crippen LogP contribution in [-0.4, -0.2) is 23.0 Å². The Morgan fingerprint density at radius 1 is 0.415 bits per heavy atom. The molecule has 0 amide bonds. The molecule has 4 heterocycles. The Kier molecular flexibility index (Phi) is 6.34. The number of rotatable bonds is 4. The summed E-state index contributed by atoms with van der Waals surface area (Å²) in [7, 11) is -2.12. The summed E-state index contributed by atoms with van der Waals surface area (Å²) in [5.74, 6) is 1.75. The number of hydrogen-bond acceptors (Lipinski definition) is 5. The summed E-state index contributed by atoms with van der Waals surface area (Å²) in [5, 5.41) is 6.88. The van der Waals surface area contributed by atoms with Gasteiger partial charge in [-0.15, -0.1) is 0 Å². The zero-order chi connectivity index (χ0) is 35.3. The maximum atomic E-state index is 6.84. The lowest BCUT2D eigenvalue weighted by atomic mass is 9.97. The molecule has 0 aliphatic carbocycles. The monoisotopic (exact) mass is 697 g/mol. The van der Waals surface area contributed by atoms with Crippen LogP contribution in [0.3, 0.4) is 0 Å². The van der Waals surface area contributed by atoms with Crippen LogP contribution in [0.4, 0.5) is 0 Å². The molecule has 0 bridgehead atoms. The van der Waals surface area contributed by atoms with Gasteiger partial charge in [-0.25, -0.2) is 15.0 Å². The van der Waals surface area contributed by atoms with Crippen molar-refractivity contribution < 1.29 is 8.83 Å². The fourth-order valence-corrected chi connectivity index (χ4v) is 11.5. The average molecular weight is 698 g/mol. The normalized spacial score (nSPS) is 13.2. The Balaban J connectivity index is 1.26. The molecule has 53 heavy (non-hydrogen) atoms. The van der Waals surface area contributed by atoms with Gasteiger partial charge in [-0.1, -0.05) is 140 Å². The average Bonchev–Trinajstić information content (AvgIpc) is 3.86. The van der Waals surface area contributed by atoms with Gasteiger partial charge in [0.05, 0.1) is 5.56 Å². The highest BCUT2D eigenvalue weighted by Crippen LogP contribution is 2.44. The van der Waals surface area contributed by atoms with Crippen molar-refractivity contribution in [3.05, 3.63) is 152 Å². The van der Waals surface area contributed by atoms with Crippen molar-refractivity contribution in [2.45, 2.75) is 13.1 Å². The summed E-state index contributed by atoms with van der Waals surface area (Å²) in [5.41, 5.74) is 10.6. The molecule has 11 rings (SSSR count). The first-order chi connectivity index (χ1) is 26.0. The molecular weight excluding hydrogens is 667 g/mol. The van der Waals surface area contributed by atoms with Crippen molar-refractivity contribution in [3.8, 4) is 56.4 Å². The van der Waals surface area contributed by atoms with Crippen LogP contribution in [0.25, 0.3) is 100 Å². The molecule has 0 fully saturated rings. The predicted octanol–water partition coefficient (Wildman–Crippen LogP) is 11.1. The molecule has 5 nitrogen and oxygen atoms in total. The lowest BCUT2D eigenvalue weighted by Gasteiger charge is -2.19. The van der Waals surface area contributed by atoms with E-state index < -0.39 is 8.07 Å². The zero-order valence-electron chi connectivity index (χ0n) is 29.1. The predicted molar refractivity (Wildman–Crippen MR) is 218 cm³/mol. The third-order valence-electron chi connectivity index (χ3n) is 11.0. The maximum absolute atomic E-state index is 6.84. The molecule has 10 aromatic rings. The summed E-state index contributed by atoms with van der Waals surface area (Å²) >= 11 is 0. The SMILES string of the molecule is C[Si]1(C)c2ccccc2-c2c1cc(-c1nc(-c3ccccc3-c3ccccc3)nc(-c3cccc4c3oc3ccccc34)n1)c1c2oc2ccccc21. The lowest BCUT2D eigenvalue weighted by molar-refractivity contribution is 0.669. The Hall–Kier alpha value is -6.63. The van der Waals surface area contributed by atoms with Crippen LogP contribution in [0.2, 0.25) is 13.1 Å². The number of aromatic nitrogens is 3. The smallest absolute Gasteiger partial charge is 0.167 e. The molecule has 250 valence electrons. The highest BCUT2D eigenvalue weighted by Gasteiger charge is 2.40. The number of fused-ring (bicyclic) bond motifs is 10. The minimum Gasteiger partial charge on any atom is -0.455 e. The molecule has 0 N–H and O–H groups in total. The number of para-hydroxylation sites is 3. The Labute approximate surface area is 306 Å². The molecule has 3 aromatic heterocycles. The van der Waals surface area contributed by atoms with Crippen LogP contribution < -0.4 is 10.4 Å². The van der Waals surface area contributed by atoms with Crippen LogP contribution in [0.5, 0.6) is 0 Å². The van der Waals surface area contributed by atoms with Crippen molar-refractivity contribution >= 4 is 62.3 Å². The molecule has 0 radical (unpaired) electrons. The number of furan rings is 2. The van der Waals surface area contributed by atoms with E-state index in [-0.39, 0.29) is 0 Å². The molecule has 7 aromatic carbocycles. The summed E-state index contributed by atoms with van der Waals surface area (Å²) in [4.78, 5) is 16.0. The second-order valence-electron chi connectivity index (χ2n) is 14.3. The molecular formula is C47H31N3O2Si. The molecule has 1 aliphatic rings. The van der Waals surface area contributed by atoms with Gasteiger partial charge in [0.25, 0.3) is 0 Å². The van der Waals surface area contributed by atoms with Crippen molar-refractivity contribution in [2.24, 2.45) is 0 Å². The van der Waals surface area contributed by atoms with Crippen molar-refractivity contribution in [1.82, 2.24) is 15.0 Å². The summed E-state index contributed by atoms with van der Waals surface area (Å²) < 4.78 is 13.4. The van der Waals surface area contributed by atoms with Gasteiger partial charge in [-0.2, -0.15) is 0 Å². The molecule has 0 saturated heterocycles. The molecule has 6 heteroatoms. The third-order valence-corrected chi connectivity index (χ3v) is 14.5. The molecule has 0 spiro atoms. The van der Waals surface area contributed by atoms with E-state index in [0.29, 0.717) is 17.5 Å². The zero-order valence-corrected chi connectivity index (χ0v) is 30.1. The minimum atomic E-state index is -2.12. The summed E-state index contributed by atoms with van der Waals surface area (Å²) in [6, 6.07) is 52.6. The van der Waals surface area contributed by atoms with Gasteiger partial charge in [0.15, 0.2) is 17.5 Å². The quantitative estimate of drug-likeness (QED) is 0.171. The number of nitrogens with zero attached hydrogens (tertiary/aromatic N) is 3. The van der Waals surface area contributed by atoms with Crippen LogP contribution >= 0.6 is 0 Å². The van der Waals surface area contributed by atoms with E-state index in [9.17, 15) is 0 Å². The highest BCUT2D eigenvalue weighted by atomic mass is 28.3. The van der Waals surface area contributed by atoms with Crippen molar-refractivity contribution in [2.75, 3.05) is 0 Å². The minimum absolute atomic E-state index is 0.554. The standard InChI is InChI=1S/C47H31N3O2Si/c1-53(2)39-26-13-10-21-34(39)42-40(53)27-36(41-33-20-9-12-25-38(33)52-44(41)42)47-49-45(32-19-7-6-17-29(32)28-15-4-3-5-16-28)48-46(50-47)35-23-14-22-31-30-18-8-11-24-37(30)51-43(31)35/h3-27H,1-2H3. The lowest BCUT2D eigenvalue weighted by Crippen LogP contribution is -2.49. The second-order valence-corrected chi connectivity index (χ2v) is 18.6. The van der Waals surface area contributed by atoms with Crippen LogP contribution in [0, 0.1) is 0 Å². The fourth-order valence-electron chi connectivity index (χ4n) is 8.44. The first-order valence-electron chi connectivity index (χ1n) is 17.9. The van der Waals surface area contributed by atoms with E-state index in [1.54, 1.807) is 0 Å². The molecule has 0 atom stereocenters. The van der Waals surface area contributed by atoms with E-state index in [1.165, 1.54) is 21.5 Å². The van der Waals surface area contributed by atoms with Gasteiger partial charge in [-0.05, 0) is 51.3 Å². The number of hydrogen-bond donors (Lipinski definition) is 0. The van der Waals surface area contributed by atoms with Gasteiger partial charge in [0.1, 0.15) is 30.4 Å². The van der Waals surface area contributed by atoms with E-state index >= 15 is 0 Å². The first kappa shape index (κ1) is 30.0. The van der Waals surface area contributed by atoms with E-state index in [0.717, 1.165) is 71.7 Å². The second kappa shape index (κ2) is 11.2. The van der Waals surface area contributed by atoms with Gasteiger partial charge in [0.2, 0.25) is 0 Å². The van der Waals surface area contributed by atoms with Crippen LogP contribution in [0.1, 0.15) is 0 Å². The molecule has 0 unspecified atom stereocenters. The van der Waals surface area contributed by atoms with Gasteiger partial charge in [0, 0.05) is 38.2 Å². The van der Waals surface area contributed by atoms with Crippen molar-refractivity contribution in [3.63, 3.8) is 0 Å². The molecule has 0 saturated carbocycles. The largest absolute Gasteiger partial charge is 0.455 e. The van der Waals surface area contributed by atoms with Gasteiger partial charge < -0.3 is 8.83 Å². The van der Waals surface area contributed by atoms with E-state index in [2.05, 4.69) is 128 Å². The van der Waals surface area contributed by atoms with Gasteiger partial charge in [-0.3, -0.25) is 0 Å². The topological polar surface area (TPSA) is 65.0 Å². The first-order valence-corrected chi connectivity index (χ1v) is 20.9.